The molecule has 3 rings (SSSR count). The smallest absolute Gasteiger partial charge is 0.123 e. The highest BCUT2D eigenvalue weighted by Gasteiger charge is 2.33. The van der Waals surface area contributed by atoms with Crippen molar-refractivity contribution in [3.8, 4) is 0 Å². The van der Waals surface area contributed by atoms with Gasteiger partial charge in [0.1, 0.15) is 5.82 Å². The van der Waals surface area contributed by atoms with Gasteiger partial charge in [-0.15, -0.1) is 0 Å². The molecule has 0 unspecified atom stereocenters. The van der Waals surface area contributed by atoms with E-state index in [1.54, 1.807) is 0 Å². The van der Waals surface area contributed by atoms with Crippen LogP contribution in [0, 0.1) is 5.92 Å². The van der Waals surface area contributed by atoms with E-state index in [4.69, 9.17) is 0 Å². The second-order valence-electron chi connectivity index (χ2n) is 7.80. The first kappa shape index (κ1) is 18.1. The van der Waals surface area contributed by atoms with Crippen LogP contribution >= 0.6 is 0 Å². The standard InChI is InChI=1S/C19H32N6/c1-15(2)25-10-8-21-18(25)13-22(3)12-16-7-6-9-23(4)19(16)17-11-20-14-24(17)5/h8,10-11,14-16,19H,6-7,9,12-13H2,1-5H3/t16-,19+/m0/s1. The minimum Gasteiger partial charge on any atom is -0.336 e. The molecule has 3 heterocycles. The molecular weight excluding hydrogens is 312 g/mol. The quantitative estimate of drug-likeness (QED) is 0.808. The minimum absolute atomic E-state index is 0.438. The van der Waals surface area contributed by atoms with Crippen molar-refractivity contribution in [1.29, 1.82) is 0 Å². The highest BCUT2D eigenvalue weighted by Crippen LogP contribution is 2.35. The number of nitrogens with zero attached hydrogens (tertiary/aromatic N) is 6. The SMILES string of the molecule is CC(C)n1ccnc1CN(C)C[C@@H]1CCCN(C)[C@H]1c1cncn1C. The van der Waals surface area contributed by atoms with Gasteiger partial charge in [0.15, 0.2) is 0 Å². The normalized spacial score (nSPS) is 22.2. The third kappa shape index (κ3) is 3.96. The maximum Gasteiger partial charge on any atom is 0.123 e. The number of aryl methyl sites for hydroxylation is 1. The molecule has 2 atom stereocenters. The van der Waals surface area contributed by atoms with Gasteiger partial charge in [0.2, 0.25) is 0 Å². The van der Waals surface area contributed by atoms with Gasteiger partial charge in [-0.2, -0.15) is 0 Å². The average Bonchev–Trinajstić information content (AvgIpc) is 3.17. The van der Waals surface area contributed by atoms with Crippen LogP contribution < -0.4 is 0 Å². The summed E-state index contributed by atoms with van der Waals surface area (Å²) in [5.74, 6) is 1.76. The number of aromatic nitrogens is 4. The largest absolute Gasteiger partial charge is 0.336 e. The third-order valence-corrected chi connectivity index (χ3v) is 5.43. The summed E-state index contributed by atoms with van der Waals surface area (Å²) in [5, 5.41) is 0. The summed E-state index contributed by atoms with van der Waals surface area (Å²) in [6.07, 6.45) is 10.5. The molecule has 25 heavy (non-hydrogen) atoms. The van der Waals surface area contributed by atoms with E-state index in [1.165, 1.54) is 18.5 Å². The third-order valence-electron chi connectivity index (χ3n) is 5.43. The highest BCUT2D eigenvalue weighted by atomic mass is 15.2. The number of piperidine rings is 1. The Morgan fingerprint density at radius 3 is 2.80 bits per heavy atom. The zero-order valence-electron chi connectivity index (χ0n) is 16.3. The van der Waals surface area contributed by atoms with Gasteiger partial charge in [0.05, 0.1) is 24.6 Å². The van der Waals surface area contributed by atoms with Crippen LogP contribution in [0.5, 0.6) is 0 Å². The van der Waals surface area contributed by atoms with Crippen LogP contribution in [0.4, 0.5) is 0 Å². The van der Waals surface area contributed by atoms with E-state index in [1.807, 2.05) is 18.7 Å². The highest BCUT2D eigenvalue weighted by molar-refractivity contribution is 5.09. The van der Waals surface area contributed by atoms with Gasteiger partial charge in [-0.25, -0.2) is 9.97 Å². The first-order chi connectivity index (χ1) is 12.0. The van der Waals surface area contributed by atoms with Crippen LogP contribution in [0.15, 0.2) is 24.9 Å². The Kier molecular flexibility index (Phi) is 5.59. The van der Waals surface area contributed by atoms with Crippen LogP contribution in [-0.4, -0.2) is 56.1 Å². The van der Waals surface area contributed by atoms with E-state index >= 15 is 0 Å². The molecule has 0 spiro atoms. The summed E-state index contributed by atoms with van der Waals surface area (Å²) in [6, 6.07) is 0.891. The van der Waals surface area contributed by atoms with Crippen LogP contribution in [0.1, 0.15) is 50.3 Å². The zero-order chi connectivity index (χ0) is 18.0. The molecular formula is C19H32N6. The van der Waals surface area contributed by atoms with Crippen molar-refractivity contribution in [2.24, 2.45) is 13.0 Å². The van der Waals surface area contributed by atoms with E-state index in [0.29, 0.717) is 18.0 Å². The Balaban J connectivity index is 1.71. The Morgan fingerprint density at radius 2 is 2.12 bits per heavy atom. The van der Waals surface area contributed by atoms with Gasteiger partial charge in [0, 0.05) is 38.2 Å². The summed E-state index contributed by atoms with van der Waals surface area (Å²) in [7, 11) is 6.56. The van der Waals surface area contributed by atoms with Crippen molar-refractivity contribution in [3.05, 3.63) is 36.4 Å². The molecule has 0 aliphatic carbocycles. The molecule has 0 radical (unpaired) electrons. The fourth-order valence-electron chi connectivity index (χ4n) is 4.21. The van der Waals surface area contributed by atoms with Crippen molar-refractivity contribution >= 4 is 0 Å². The Bertz CT molecular complexity index is 673. The molecule has 6 nitrogen and oxygen atoms in total. The zero-order valence-corrected chi connectivity index (χ0v) is 16.3. The second kappa shape index (κ2) is 7.70. The lowest BCUT2D eigenvalue weighted by Crippen LogP contribution is -2.41. The summed E-state index contributed by atoms with van der Waals surface area (Å²) < 4.78 is 4.44. The van der Waals surface area contributed by atoms with Gasteiger partial charge in [-0.3, -0.25) is 9.80 Å². The molecule has 0 amide bonds. The lowest BCUT2D eigenvalue weighted by Gasteiger charge is -2.40. The van der Waals surface area contributed by atoms with Crippen molar-refractivity contribution in [2.45, 2.75) is 45.3 Å². The van der Waals surface area contributed by atoms with E-state index in [9.17, 15) is 0 Å². The fourth-order valence-corrected chi connectivity index (χ4v) is 4.21. The molecule has 0 aromatic carbocycles. The number of rotatable bonds is 6. The number of likely N-dealkylation sites (tertiary alicyclic amines) is 1. The van der Waals surface area contributed by atoms with Gasteiger partial charge in [-0.05, 0) is 53.2 Å². The van der Waals surface area contributed by atoms with E-state index < -0.39 is 0 Å². The second-order valence-corrected chi connectivity index (χ2v) is 7.80. The lowest BCUT2D eigenvalue weighted by atomic mass is 9.87. The fraction of sp³-hybridized carbons (Fsp3) is 0.684. The van der Waals surface area contributed by atoms with Crippen LogP contribution in [0.2, 0.25) is 0 Å². The summed E-state index contributed by atoms with van der Waals surface area (Å²) >= 11 is 0. The van der Waals surface area contributed by atoms with Gasteiger partial charge in [0.25, 0.3) is 0 Å². The van der Waals surface area contributed by atoms with Crippen LogP contribution in [0.3, 0.4) is 0 Å². The van der Waals surface area contributed by atoms with Gasteiger partial charge >= 0.3 is 0 Å². The molecule has 1 saturated heterocycles. The predicted molar refractivity (Wildman–Crippen MR) is 100 cm³/mol. The maximum atomic E-state index is 4.57. The molecule has 6 heteroatoms. The average molecular weight is 345 g/mol. The van der Waals surface area contributed by atoms with E-state index in [2.05, 4.69) is 70.1 Å². The Hall–Kier alpha value is -1.66. The van der Waals surface area contributed by atoms with Crippen molar-refractivity contribution in [3.63, 3.8) is 0 Å². The monoisotopic (exact) mass is 344 g/mol. The molecule has 0 bridgehead atoms. The molecule has 2 aromatic rings. The maximum absolute atomic E-state index is 4.57. The predicted octanol–water partition coefficient (Wildman–Crippen LogP) is 2.71. The number of imidazole rings is 2. The summed E-state index contributed by atoms with van der Waals surface area (Å²) in [6.45, 7) is 7.54. The van der Waals surface area contributed by atoms with Crippen molar-refractivity contribution in [2.75, 3.05) is 27.2 Å². The molecule has 2 aromatic heterocycles. The Labute approximate surface area is 151 Å². The molecule has 0 N–H and O–H groups in total. The van der Waals surface area contributed by atoms with Crippen molar-refractivity contribution < 1.29 is 0 Å². The topological polar surface area (TPSA) is 42.1 Å². The molecule has 138 valence electrons. The lowest BCUT2D eigenvalue weighted by molar-refractivity contribution is 0.0870. The number of hydrogen-bond donors (Lipinski definition) is 0. The van der Waals surface area contributed by atoms with Gasteiger partial charge in [-0.1, -0.05) is 0 Å². The summed E-state index contributed by atoms with van der Waals surface area (Å²) in [5.41, 5.74) is 1.32. The van der Waals surface area contributed by atoms with Crippen molar-refractivity contribution in [1.82, 2.24) is 28.9 Å². The number of hydrogen-bond acceptors (Lipinski definition) is 4. The first-order valence-electron chi connectivity index (χ1n) is 9.34. The molecule has 1 aliphatic heterocycles. The Morgan fingerprint density at radius 1 is 1.32 bits per heavy atom. The minimum atomic E-state index is 0.438. The van der Waals surface area contributed by atoms with E-state index in [-0.39, 0.29) is 0 Å². The summed E-state index contributed by atoms with van der Waals surface area (Å²) in [4.78, 5) is 13.8. The molecule has 1 fully saturated rings. The van der Waals surface area contributed by atoms with E-state index in [0.717, 1.165) is 25.5 Å². The van der Waals surface area contributed by atoms with Gasteiger partial charge < -0.3 is 9.13 Å². The molecule has 1 aliphatic rings. The molecule has 0 saturated carbocycles. The first-order valence-corrected chi connectivity index (χ1v) is 9.34. The van der Waals surface area contributed by atoms with Crippen LogP contribution in [0.25, 0.3) is 0 Å². The van der Waals surface area contributed by atoms with Crippen LogP contribution in [-0.2, 0) is 13.6 Å².